The zero-order valence-electron chi connectivity index (χ0n) is 14.5. The first-order chi connectivity index (χ1) is 12.1. The topological polar surface area (TPSA) is 58.1 Å². The van der Waals surface area contributed by atoms with E-state index >= 15 is 0 Å². The van der Waals surface area contributed by atoms with Gasteiger partial charge in [0, 0.05) is 36.4 Å². The number of rotatable bonds is 6. The predicted octanol–water partition coefficient (Wildman–Crippen LogP) is 3.92. The van der Waals surface area contributed by atoms with Gasteiger partial charge in [0.15, 0.2) is 0 Å². The number of pyridine rings is 2. The number of aryl methyl sites for hydroxylation is 1. The van der Waals surface area contributed by atoms with Gasteiger partial charge in [0.2, 0.25) is 5.78 Å². The Morgan fingerprint density at radius 3 is 2.92 bits per heavy atom. The molecule has 1 saturated heterocycles. The quantitative estimate of drug-likeness (QED) is 0.739. The fourth-order valence-corrected chi connectivity index (χ4v) is 3.39. The molecule has 0 atom stereocenters. The molecule has 134 valence electrons. The Morgan fingerprint density at radius 1 is 1.32 bits per heavy atom. The van der Waals surface area contributed by atoms with Crippen LogP contribution in [-0.2, 0) is 0 Å². The number of nitrogens with one attached hydrogen (secondary N) is 1. The second-order valence-electron chi connectivity index (χ2n) is 6.35. The predicted molar refractivity (Wildman–Crippen MR) is 105 cm³/mol. The number of hydrogen-bond donors (Lipinski definition) is 1. The van der Waals surface area contributed by atoms with E-state index < -0.39 is 0 Å². The summed E-state index contributed by atoms with van der Waals surface area (Å²) in [5, 5.41) is 3.33. The summed E-state index contributed by atoms with van der Waals surface area (Å²) in [6, 6.07) is 7.31. The van der Waals surface area contributed by atoms with Crippen molar-refractivity contribution in [3.8, 4) is 0 Å². The molecule has 1 aliphatic heterocycles. The first-order valence-electron chi connectivity index (χ1n) is 8.73. The van der Waals surface area contributed by atoms with Crippen LogP contribution in [0.1, 0.15) is 42.4 Å². The van der Waals surface area contributed by atoms with E-state index in [1.54, 1.807) is 18.3 Å². The highest BCUT2D eigenvalue weighted by molar-refractivity contribution is 9.10. The summed E-state index contributed by atoms with van der Waals surface area (Å²) >= 11 is 3.37. The van der Waals surface area contributed by atoms with Crippen LogP contribution >= 0.6 is 15.9 Å². The maximum absolute atomic E-state index is 12.7. The Kier molecular flexibility index (Phi) is 6.15. The molecule has 5 nitrogen and oxygen atoms in total. The van der Waals surface area contributed by atoms with Crippen molar-refractivity contribution in [3.05, 3.63) is 51.9 Å². The molecule has 0 bridgehead atoms. The summed E-state index contributed by atoms with van der Waals surface area (Å²) in [4.78, 5) is 23.9. The first kappa shape index (κ1) is 18.0. The zero-order valence-corrected chi connectivity index (χ0v) is 16.1. The molecular formula is C19H25BrN4O. The van der Waals surface area contributed by atoms with Crippen LogP contribution in [0, 0.1) is 6.92 Å². The van der Waals surface area contributed by atoms with E-state index in [1.165, 1.54) is 32.4 Å². The summed E-state index contributed by atoms with van der Waals surface area (Å²) in [5.74, 6) is 0.634. The monoisotopic (exact) mass is 404 g/mol. The minimum absolute atomic E-state index is 0. The van der Waals surface area contributed by atoms with E-state index in [0.717, 1.165) is 23.4 Å². The summed E-state index contributed by atoms with van der Waals surface area (Å²) in [6.07, 6.45) is 5.63. The highest BCUT2D eigenvalue weighted by atomic mass is 79.9. The number of hydrogen-bond acceptors (Lipinski definition) is 5. The van der Waals surface area contributed by atoms with Gasteiger partial charge in [0.05, 0.1) is 0 Å². The third-order valence-electron chi connectivity index (χ3n) is 4.46. The van der Waals surface area contributed by atoms with Crippen LogP contribution in [0.15, 0.2) is 34.9 Å². The molecule has 1 fully saturated rings. The number of anilines is 1. The molecule has 1 aliphatic rings. The van der Waals surface area contributed by atoms with E-state index in [2.05, 4.69) is 36.1 Å². The van der Waals surface area contributed by atoms with Crippen LogP contribution in [0.2, 0.25) is 0 Å². The zero-order chi connectivity index (χ0) is 17.6. The number of carbonyl (C=O) groups is 1. The lowest BCUT2D eigenvalue weighted by molar-refractivity contribution is 0.103. The number of carbonyl (C=O) groups excluding carboxylic acids is 1. The van der Waals surface area contributed by atoms with E-state index in [9.17, 15) is 4.79 Å². The number of likely N-dealkylation sites (tertiary alicyclic amines) is 1. The molecule has 0 unspecified atom stereocenters. The molecule has 3 heterocycles. The fourth-order valence-electron chi connectivity index (χ4n) is 3.06. The Balaban J connectivity index is 0.00000243. The molecule has 1 N–H and O–H groups in total. The Labute approximate surface area is 158 Å². The van der Waals surface area contributed by atoms with Crippen LogP contribution in [0.25, 0.3) is 0 Å². The van der Waals surface area contributed by atoms with E-state index in [0.29, 0.717) is 17.0 Å². The highest BCUT2D eigenvalue weighted by Gasteiger charge is 2.15. The molecular weight excluding hydrogens is 380 g/mol. The average molecular weight is 405 g/mol. The van der Waals surface area contributed by atoms with Gasteiger partial charge in [-0.2, -0.15) is 0 Å². The average Bonchev–Trinajstić information content (AvgIpc) is 2.64. The molecule has 6 heteroatoms. The lowest BCUT2D eigenvalue weighted by atomic mass is 10.1. The molecule has 2 aromatic rings. The van der Waals surface area contributed by atoms with Crippen molar-refractivity contribution < 1.29 is 6.22 Å². The second-order valence-corrected chi connectivity index (χ2v) is 7.27. The largest absolute Gasteiger partial charge is 0.369 e. The van der Waals surface area contributed by atoms with E-state index in [-0.39, 0.29) is 7.21 Å². The fraction of sp³-hybridized carbons (Fsp3) is 0.421. The molecule has 0 spiro atoms. The Morgan fingerprint density at radius 2 is 2.12 bits per heavy atom. The van der Waals surface area contributed by atoms with Crippen molar-refractivity contribution in [1.82, 2.24) is 14.9 Å². The molecule has 25 heavy (non-hydrogen) atoms. The number of piperidine rings is 1. The van der Waals surface area contributed by atoms with Crippen molar-refractivity contribution in [2.75, 3.05) is 31.5 Å². The van der Waals surface area contributed by atoms with Gasteiger partial charge in [-0.15, -0.1) is 0 Å². The van der Waals surface area contributed by atoms with Crippen molar-refractivity contribution in [3.63, 3.8) is 0 Å². The van der Waals surface area contributed by atoms with Gasteiger partial charge in [-0.05, 0) is 67.0 Å². The van der Waals surface area contributed by atoms with Crippen LogP contribution < -0.4 is 5.32 Å². The normalized spacial score (nSPS) is 15.1. The van der Waals surface area contributed by atoms with E-state index in [1.807, 2.05) is 19.1 Å². The molecule has 0 aromatic carbocycles. The van der Waals surface area contributed by atoms with Crippen molar-refractivity contribution >= 4 is 27.5 Å². The molecule has 0 amide bonds. The van der Waals surface area contributed by atoms with Gasteiger partial charge in [-0.25, -0.2) is 4.98 Å². The standard InChI is InChI=1S/C19H23BrN4O.H2/c1-14-16(12-15(20)13-22-14)19(25)17-6-5-7-18(23-17)21-8-11-24-9-3-2-4-10-24;/h5-7,12-13H,2-4,8-11H2,1H3,(H,21,23);1H. The SMILES string of the molecule is Cc1ncc(Br)cc1C(=O)c1cccc(NCCN2CCCCC2)n1.[HH]. The van der Waals surface area contributed by atoms with Crippen molar-refractivity contribution in [2.24, 2.45) is 0 Å². The lowest BCUT2D eigenvalue weighted by Gasteiger charge is -2.26. The minimum atomic E-state index is -0.106. The lowest BCUT2D eigenvalue weighted by Crippen LogP contribution is -2.33. The van der Waals surface area contributed by atoms with Crippen LogP contribution in [-0.4, -0.2) is 46.8 Å². The number of halogens is 1. The highest BCUT2D eigenvalue weighted by Crippen LogP contribution is 2.17. The second kappa shape index (κ2) is 8.54. The Bertz CT molecular complexity index is 750. The van der Waals surface area contributed by atoms with Gasteiger partial charge in [-0.3, -0.25) is 9.78 Å². The summed E-state index contributed by atoms with van der Waals surface area (Å²) in [5.41, 5.74) is 1.72. The molecule has 0 saturated carbocycles. The molecule has 3 rings (SSSR count). The summed E-state index contributed by atoms with van der Waals surface area (Å²) in [6.45, 7) is 6.04. The third kappa shape index (κ3) is 4.86. The summed E-state index contributed by atoms with van der Waals surface area (Å²) < 4.78 is 0.789. The van der Waals surface area contributed by atoms with Crippen LogP contribution in [0.5, 0.6) is 0 Å². The molecule has 0 aliphatic carbocycles. The number of aromatic nitrogens is 2. The Hall–Kier alpha value is -1.79. The van der Waals surface area contributed by atoms with Gasteiger partial charge in [0.1, 0.15) is 11.5 Å². The minimum Gasteiger partial charge on any atom is -0.369 e. The number of ketones is 1. The van der Waals surface area contributed by atoms with Crippen LogP contribution in [0.4, 0.5) is 5.82 Å². The van der Waals surface area contributed by atoms with Crippen LogP contribution in [0.3, 0.4) is 0 Å². The maximum atomic E-state index is 12.7. The van der Waals surface area contributed by atoms with Gasteiger partial charge < -0.3 is 10.2 Å². The van der Waals surface area contributed by atoms with E-state index in [4.69, 9.17) is 0 Å². The molecule has 2 aromatic heterocycles. The summed E-state index contributed by atoms with van der Waals surface area (Å²) in [7, 11) is 0. The number of nitrogens with zero attached hydrogens (tertiary/aromatic N) is 3. The van der Waals surface area contributed by atoms with Crippen molar-refractivity contribution in [1.29, 1.82) is 0 Å². The smallest absolute Gasteiger partial charge is 0.213 e. The first-order valence-corrected chi connectivity index (χ1v) is 9.53. The van der Waals surface area contributed by atoms with Crippen molar-refractivity contribution in [2.45, 2.75) is 26.2 Å². The van der Waals surface area contributed by atoms with Gasteiger partial charge in [0.25, 0.3) is 0 Å². The third-order valence-corrected chi connectivity index (χ3v) is 4.90. The van der Waals surface area contributed by atoms with Gasteiger partial charge in [-0.1, -0.05) is 12.5 Å². The molecule has 0 radical (unpaired) electrons. The van der Waals surface area contributed by atoms with Gasteiger partial charge >= 0.3 is 0 Å². The maximum Gasteiger partial charge on any atom is 0.213 e.